The summed E-state index contributed by atoms with van der Waals surface area (Å²) in [6, 6.07) is 10.2. The lowest BCUT2D eigenvalue weighted by molar-refractivity contribution is 0.271. The molecule has 8 nitrogen and oxygen atoms in total. The van der Waals surface area contributed by atoms with E-state index in [1.165, 1.54) is 0 Å². The molecule has 1 aliphatic rings. The Labute approximate surface area is 140 Å². The number of hydrogen-bond donors (Lipinski definition) is 2. The average Bonchev–Trinajstić information content (AvgIpc) is 3.17. The van der Waals surface area contributed by atoms with Crippen molar-refractivity contribution in [2.45, 2.75) is 6.92 Å². The summed E-state index contributed by atoms with van der Waals surface area (Å²) < 4.78 is 0. The minimum absolute atomic E-state index is 0.277. The van der Waals surface area contributed by atoms with Crippen molar-refractivity contribution in [2.75, 3.05) is 42.9 Å². The van der Waals surface area contributed by atoms with Gasteiger partial charge in [-0.2, -0.15) is 10.5 Å². The number of benzene rings is 1. The number of nitriles is 1. The molecule has 124 valence electrons. The molecule has 0 unspecified atom stereocenters. The molecule has 1 saturated heterocycles. The molecule has 0 aliphatic carbocycles. The Morgan fingerprint density at radius 3 is 2.79 bits per heavy atom. The number of H-pyrrole nitrogens is 1. The number of piperazine rings is 1. The maximum absolute atomic E-state index is 9.25. The summed E-state index contributed by atoms with van der Waals surface area (Å²) in [5, 5.41) is 26.0. The molecule has 1 aliphatic heterocycles. The number of nitrogens with one attached hydrogen (secondary N) is 2. The average molecular weight is 324 g/mol. The Morgan fingerprint density at radius 2 is 2.12 bits per heavy atom. The van der Waals surface area contributed by atoms with Crippen LogP contribution in [0.25, 0.3) is 5.57 Å². The quantitative estimate of drug-likeness (QED) is 0.801. The van der Waals surface area contributed by atoms with Gasteiger partial charge in [0.2, 0.25) is 5.82 Å². The minimum atomic E-state index is 0.277. The van der Waals surface area contributed by atoms with Crippen molar-refractivity contribution in [1.29, 1.82) is 5.26 Å². The second kappa shape index (κ2) is 7.57. The van der Waals surface area contributed by atoms with Crippen LogP contribution in [0.2, 0.25) is 0 Å². The van der Waals surface area contributed by atoms with Crippen molar-refractivity contribution in [3.63, 3.8) is 0 Å². The maximum atomic E-state index is 9.25. The fraction of sp³-hybridized carbons (Fsp3) is 0.375. The summed E-state index contributed by atoms with van der Waals surface area (Å²) in [5.41, 5.74) is 2.42. The van der Waals surface area contributed by atoms with Crippen LogP contribution in [0.15, 0.2) is 30.5 Å². The highest BCUT2D eigenvalue weighted by molar-refractivity contribution is 5.77. The molecule has 0 radical (unpaired) electrons. The van der Waals surface area contributed by atoms with E-state index >= 15 is 0 Å². The topological polar surface area (TPSA) is 96.8 Å². The SMILES string of the molecule is CCN1CCN(c2ccccc2NC=C(C#N)c2nn[nH]n2)CC1. The van der Waals surface area contributed by atoms with Gasteiger partial charge in [-0.25, -0.2) is 0 Å². The van der Waals surface area contributed by atoms with E-state index in [-0.39, 0.29) is 5.82 Å². The van der Waals surface area contributed by atoms with Gasteiger partial charge in [-0.1, -0.05) is 19.1 Å². The first kappa shape index (κ1) is 16.0. The molecule has 24 heavy (non-hydrogen) atoms. The molecule has 0 spiro atoms. The Kier molecular flexibility index (Phi) is 5.03. The molecule has 2 aromatic rings. The Hall–Kier alpha value is -2.92. The molecule has 0 atom stereocenters. The van der Waals surface area contributed by atoms with Gasteiger partial charge in [-0.3, -0.25) is 0 Å². The van der Waals surface area contributed by atoms with E-state index in [1.807, 2.05) is 18.2 Å². The number of likely N-dealkylation sites (N-methyl/N-ethyl adjacent to an activating group) is 1. The van der Waals surface area contributed by atoms with Crippen LogP contribution in [0, 0.1) is 11.3 Å². The summed E-state index contributed by atoms with van der Waals surface area (Å²) in [6.45, 7) is 7.39. The van der Waals surface area contributed by atoms with Crippen LogP contribution in [0.5, 0.6) is 0 Å². The predicted molar refractivity (Wildman–Crippen MR) is 92.2 cm³/mol. The van der Waals surface area contributed by atoms with Crippen LogP contribution >= 0.6 is 0 Å². The zero-order valence-corrected chi connectivity index (χ0v) is 13.6. The number of para-hydroxylation sites is 2. The number of rotatable bonds is 5. The largest absolute Gasteiger partial charge is 0.367 e. The molecule has 1 aromatic carbocycles. The van der Waals surface area contributed by atoms with Gasteiger partial charge < -0.3 is 15.1 Å². The van der Waals surface area contributed by atoms with Crippen LogP contribution in [-0.4, -0.2) is 58.2 Å². The van der Waals surface area contributed by atoms with Crippen molar-refractivity contribution in [3.8, 4) is 6.07 Å². The number of nitrogens with zero attached hydrogens (tertiary/aromatic N) is 6. The van der Waals surface area contributed by atoms with Crippen molar-refractivity contribution in [2.24, 2.45) is 0 Å². The van der Waals surface area contributed by atoms with Gasteiger partial charge in [0.15, 0.2) is 0 Å². The van der Waals surface area contributed by atoms with Gasteiger partial charge in [-0.15, -0.1) is 10.2 Å². The molecule has 8 heteroatoms. The molecule has 0 bridgehead atoms. The van der Waals surface area contributed by atoms with Crippen molar-refractivity contribution in [1.82, 2.24) is 25.5 Å². The van der Waals surface area contributed by atoms with Crippen LogP contribution < -0.4 is 10.2 Å². The number of hydrogen-bond acceptors (Lipinski definition) is 7. The fourth-order valence-electron chi connectivity index (χ4n) is 2.75. The predicted octanol–water partition coefficient (Wildman–Crippen LogP) is 1.32. The number of aromatic nitrogens is 4. The van der Waals surface area contributed by atoms with E-state index in [1.54, 1.807) is 6.20 Å². The van der Waals surface area contributed by atoms with E-state index in [0.29, 0.717) is 5.57 Å². The van der Waals surface area contributed by atoms with Crippen LogP contribution in [-0.2, 0) is 0 Å². The first-order valence-corrected chi connectivity index (χ1v) is 7.98. The molecule has 1 fully saturated rings. The van der Waals surface area contributed by atoms with Crippen molar-refractivity contribution in [3.05, 3.63) is 36.3 Å². The second-order valence-corrected chi connectivity index (χ2v) is 5.49. The molecular weight excluding hydrogens is 304 g/mol. The summed E-state index contributed by atoms with van der Waals surface area (Å²) in [6.07, 6.45) is 1.62. The molecule has 3 rings (SSSR count). The Bertz CT molecular complexity index is 723. The van der Waals surface area contributed by atoms with Gasteiger partial charge in [0, 0.05) is 32.4 Å². The normalized spacial score (nSPS) is 16.0. The first-order valence-electron chi connectivity index (χ1n) is 7.98. The van der Waals surface area contributed by atoms with Crippen LogP contribution in [0.1, 0.15) is 12.7 Å². The lowest BCUT2D eigenvalue weighted by Gasteiger charge is -2.36. The lowest BCUT2D eigenvalue weighted by Crippen LogP contribution is -2.46. The fourth-order valence-corrected chi connectivity index (χ4v) is 2.75. The highest BCUT2D eigenvalue weighted by atomic mass is 15.5. The smallest absolute Gasteiger partial charge is 0.216 e. The van der Waals surface area contributed by atoms with E-state index < -0.39 is 0 Å². The van der Waals surface area contributed by atoms with Crippen LogP contribution in [0.4, 0.5) is 11.4 Å². The first-order chi connectivity index (χ1) is 11.8. The van der Waals surface area contributed by atoms with E-state index in [0.717, 1.165) is 44.1 Å². The van der Waals surface area contributed by atoms with Crippen molar-refractivity contribution >= 4 is 16.9 Å². The minimum Gasteiger partial charge on any atom is -0.367 e. The Balaban J connectivity index is 1.76. The van der Waals surface area contributed by atoms with Crippen LogP contribution in [0.3, 0.4) is 0 Å². The lowest BCUT2D eigenvalue weighted by atomic mass is 10.2. The number of tetrazole rings is 1. The third-order valence-electron chi connectivity index (χ3n) is 4.14. The highest BCUT2D eigenvalue weighted by Crippen LogP contribution is 2.27. The molecule has 2 heterocycles. The molecule has 0 saturated carbocycles. The number of anilines is 2. The van der Waals surface area contributed by atoms with Gasteiger partial charge in [0.1, 0.15) is 11.6 Å². The zero-order chi connectivity index (χ0) is 16.8. The highest BCUT2D eigenvalue weighted by Gasteiger charge is 2.17. The van der Waals surface area contributed by atoms with Gasteiger partial charge in [0.25, 0.3) is 0 Å². The van der Waals surface area contributed by atoms with E-state index in [2.05, 4.69) is 54.8 Å². The standard InChI is InChI=1S/C16H20N8/c1-2-23-7-9-24(10-8-23)15-6-4-3-5-14(15)18-12-13(11-17)16-19-21-22-20-16/h3-6,12,18H,2,7-10H2,1H3,(H,19,20,21,22). The molecule has 0 amide bonds. The van der Waals surface area contributed by atoms with Gasteiger partial charge in [0.05, 0.1) is 11.4 Å². The van der Waals surface area contributed by atoms with E-state index in [9.17, 15) is 5.26 Å². The third kappa shape index (κ3) is 3.52. The summed E-state index contributed by atoms with van der Waals surface area (Å²) in [7, 11) is 0. The summed E-state index contributed by atoms with van der Waals surface area (Å²) >= 11 is 0. The van der Waals surface area contributed by atoms with Gasteiger partial charge >= 0.3 is 0 Å². The number of allylic oxidation sites excluding steroid dienone is 1. The molecule has 1 aromatic heterocycles. The Morgan fingerprint density at radius 1 is 1.33 bits per heavy atom. The molecule has 2 N–H and O–H groups in total. The monoisotopic (exact) mass is 324 g/mol. The zero-order valence-electron chi connectivity index (χ0n) is 13.6. The summed E-state index contributed by atoms with van der Waals surface area (Å²) in [5.74, 6) is 0.277. The van der Waals surface area contributed by atoms with E-state index in [4.69, 9.17) is 0 Å². The third-order valence-corrected chi connectivity index (χ3v) is 4.14. The second-order valence-electron chi connectivity index (χ2n) is 5.49. The van der Waals surface area contributed by atoms with Crippen molar-refractivity contribution < 1.29 is 0 Å². The van der Waals surface area contributed by atoms with Gasteiger partial charge in [-0.05, 0) is 23.9 Å². The summed E-state index contributed by atoms with van der Waals surface area (Å²) in [4.78, 5) is 4.80. The maximum Gasteiger partial charge on any atom is 0.216 e. The molecular formula is C16H20N8. The number of aromatic amines is 1.